The van der Waals surface area contributed by atoms with Gasteiger partial charge >= 0.3 is 0 Å². The van der Waals surface area contributed by atoms with Crippen LogP contribution < -0.4 is 15.4 Å². The van der Waals surface area contributed by atoms with Crippen molar-refractivity contribution in [2.24, 2.45) is 0 Å². The quantitative estimate of drug-likeness (QED) is 0.475. The predicted octanol–water partition coefficient (Wildman–Crippen LogP) is 2.57. The number of aryl methyl sites for hydroxylation is 1. The smallest absolute Gasteiger partial charge is 0.240 e. The number of rotatable bonds is 9. The SMILES string of the molecule is CCc1ccc(S(=O)(=O)NCCNc2cc(Nc3ccccn3)ncn2)cc1. The molecule has 28 heavy (non-hydrogen) atoms. The lowest BCUT2D eigenvalue weighted by molar-refractivity contribution is 0.583. The van der Waals surface area contributed by atoms with E-state index in [1.54, 1.807) is 24.4 Å². The van der Waals surface area contributed by atoms with E-state index in [4.69, 9.17) is 0 Å². The van der Waals surface area contributed by atoms with Crippen LogP contribution in [0.3, 0.4) is 0 Å². The Morgan fingerprint density at radius 3 is 2.39 bits per heavy atom. The van der Waals surface area contributed by atoms with Crippen molar-refractivity contribution in [3.63, 3.8) is 0 Å². The number of nitrogens with one attached hydrogen (secondary N) is 3. The Morgan fingerprint density at radius 1 is 0.893 bits per heavy atom. The standard InChI is InChI=1S/C19H22N6O2S/c1-2-15-6-8-16(9-7-15)28(26,27)24-12-11-21-18-13-19(23-14-22-18)25-17-5-3-4-10-20-17/h3-10,13-14,24H,2,11-12H2,1H3,(H2,20,21,22,23,25). The lowest BCUT2D eigenvalue weighted by atomic mass is 10.2. The summed E-state index contributed by atoms with van der Waals surface area (Å²) in [6.07, 6.45) is 3.98. The molecule has 0 aliphatic carbocycles. The van der Waals surface area contributed by atoms with Gasteiger partial charge in [0.25, 0.3) is 0 Å². The monoisotopic (exact) mass is 398 g/mol. The summed E-state index contributed by atoms with van der Waals surface area (Å²) in [5.74, 6) is 1.85. The Bertz CT molecular complexity index is 994. The van der Waals surface area contributed by atoms with Crippen molar-refractivity contribution in [3.8, 4) is 0 Å². The number of aromatic nitrogens is 3. The van der Waals surface area contributed by atoms with Crippen LogP contribution in [0.4, 0.5) is 17.5 Å². The van der Waals surface area contributed by atoms with Gasteiger partial charge in [-0.1, -0.05) is 25.1 Å². The first-order valence-electron chi connectivity index (χ1n) is 8.89. The second kappa shape index (κ2) is 9.25. The topological polar surface area (TPSA) is 109 Å². The summed E-state index contributed by atoms with van der Waals surface area (Å²) < 4.78 is 27.2. The molecule has 2 heterocycles. The van der Waals surface area contributed by atoms with Gasteiger partial charge in [0.1, 0.15) is 23.8 Å². The van der Waals surface area contributed by atoms with E-state index in [0.29, 0.717) is 24.0 Å². The van der Waals surface area contributed by atoms with Gasteiger partial charge in [0.2, 0.25) is 10.0 Å². The predicted molar refractivity (Wildman–Crippen MR) is 109 cm³/mol. The zero-order valence-electron chi connectivity index (χ0n) is 15.5. The van der Waals surface area contributed by atoms with E-state index in [-0.39, 0.29) is 11.4 Å². The largest absolute Gasteiger partial charge is 0.369 e. The Balaban J connectivity index is 1.51. The molecule has 0 saturated carbocycles. The molecule has 0 atom stereocenters. The van der Waals surface area contributed by atoms with Gasteiger partial charge < -0.3 is 10.6 Å². The summed E-state index contributed by atoms with van der Waals surface area (Å²) in [4.78, 5) is 12.7. The van der Waals surface area contributed by atoms with E-state index >= 15 is 0 Å². The number of hydrogen-bond donors (Lipinski definition) is 3. The van der Waals surface area contributed by atoms with Gasteiger partial charge in [0.05, 0.1) is 4.90 Å². The Kier molecular flexibility index (Phi) is 6.51. The molecule has 146 valence electrons. The van der Waals surface area contributed by atoms with Gasteiger partial charge in [-0.25, -0.2) is 28.1 Å². The maximum absolute atomic E-state index is 12.3. The van der Waals surface area contributed by atoms with Crippen molar-refractivity contribution in [3.05, 3.63) is 66.6 Å². The molecule has 1 aromatic carbocycles. The minimum atomic E-state index is -3.53. The highest BCUT2D eigenvalue weighted by molar-refractivity contribution is 7.89. The number of sulfonamides is 1. The normalized spacial score (nSPS) is 11.2. The highest BCUT2D eigenvalue weighted by Crippen LogP contribution is 2.14. The third-order valence-electron chi connectivity index (χ3n) is 3.95. The van der Waals surface area contributed by atoms with Gasteiger partial charge in [-0.2, -0.15) is 0 Å². The lowest BCUT2D eigenvalue weighted by Gasteiger charge is -2.10. The Morgan fingerprint density at radius 2 is 1.68 bits per heavy atom. The molecule has 0 unspecified atom stereocenters. The minimum absolute atomic E-state index is 0.227. The van der Waals surface area contributed by atoms with Crippen LogP contribution in [-0.4, -0.2) is 36.5 Å². The maximum Gasteiger partial charge on any atom is 0.240 e. The van der Waals surface area contributed by atoms with Crippen LogP contribution in [0.25, 0.3) is 0 Å². The second-order valence-electron chi connectivity index (χ2n) is 5.95. The first-order valence-corrected chi connectivity index (χ1v) is 10.4. The van der Waals surface area contributed by atoms with Gasteiger partial charge in [0, 0.05) is 25.4 Å². The van der Waals surface area contributed by atoms with Crippen LogP contribution in [-0.2, 0) is 16.4 Å². The molecule has 0 aliphatic heterocycles. The molecule has 0 spiro atoms. The third-order valence-corrected chi connectivity index (χ3v) is 5.43. The van der Waals surface area contributed by atoms with Crippen molar-refractivity contribution in [2.75, 3.05) is 23.7 Å². The van der Waals surface area contributed by atoms with E-state index in [0.717, 1.165) is 12.0 Å². The Hall–Kier alpha value is -3.04. The van der Waals surface area contributed by atoms with Crippen LogP contribution in [0.5, 0.6) is 0 Å². The van der Waals surface area contributed by atoms with Crippen LogP contribution in [0, 0.1) is 0 Å². The first-order chi connectivity index (χ1) is 13.6. The summed E-state index contributed by atoms with van der Waals surface area (Å²) in [7, 11) is -3.53. The van der Waals surface area contributed by atoms with Gasteiger partial charge in [-0.15, -0.1) is 0 Å². The number of benzene rings is 1. The zero-order chi connectivity index (χ0) is 19.8. The minimum Gasteiger partial charge on any atom is -0.369 e. The number of hydrogen-bond acceptors (Lipinski definition) is 7. The highest BCUT2D eigenvalue weighted by Gasteiger charge is 2.12. The van der Waals surface area contributed by atoms with Crippen LogP contribution in [0.1, 0.15) is 12.5 Å². The van der Waals surface area contributed by atoms with Gasteiger partial charge in [0.15, 0.2) is 0 Å². The van der Waals surface area contributed by atoms with Crippen LogP contribution in [0.15, 0.2) is 66.0 Å². The van der Waals surface area contributed by atoms with E-state index in [9.17, 15) is 8.42 Å². The molecule has 3 rings (SSSR count). The molecular weight excluding hydrogens is 376 g/mol. The van der Waals surface area contributed by atoms with Crippen molar-refractivity contribution < 1.29 is 8.42 Å². The molecule has 0 amide bonds. The number of nitrogens with zero attached hydrogens (tertiary/aromatic N) is 3. The molecule has 0 saturated heterocycles. The molecular formula is C19H22N6O2S. The first kappa shape index (κ1) is 19.7. The van der Waals surface area contributed by atoms with Crippen molar-refractivity contribution >= 4 is 27.5 Å². The zero-order valence-corrected chi connectivity index (χ0v) is 16.3. The summed E-state index contributed by atoms with van der Waals surface area (Å²) in [6.45, 7) is 2.63. The molecule has 0 bridgehead atoms. The van der Waals surface area contributed by atoms with Crippen molar-refractivity contribution in [1.29, 1.82) is 0 Å². The average molecular weight is 398 g/mol. The molecule has 0 fully saturated rings. The van der Waals surface area contributed by atoms with Gasteiger partial charge in [-0.3, -0.25) is 0 Å². The molecule has 9 heteroatoms. The lowest BCUT2D eigenvalue weighted by Crippen LogP contribution is -2.29. The van der Waals surface area contributed by atoms with E-state index in [1.165, 1.54) is 6.33 Å². The fraction of sp³-hybridized carbons (Fsp3) is 0.211. The fourth-order valence-electron chi connectivity index (χ4n) is 2.45. The van der Waals surface area contributed by atoms with Crippen molar-refractivity contribution in [1.82, 2.24) is 19.7 Å². The number of pyridine rings is 1. The summed E-state index contributed by atoms with van der Waals surface area (Å²) in [5, 5.41) is 6.15. The molecule has 8 nitrogen and oxygen atoms in total. The summed E-state index contributed by atoms with van der Waals surface area (Å²) in [5.41, 5.74) is 1.10. The Labute approximate surface area is 164 Å². The average Bonchev–Trinajstić information content (AvgIpc) is 2.72. The van der Waals surface area contributed by atoms with Gasteiger partial charge in [-0.05, 0) is 36.2 Å². The molecule has 3 N–H and O–H groups in total. The van der Waals surface area contributed by atoms with E-state index in [2.05, 4.69) is 30.3 Å². The molecule has 0 radical (unpaired) electrons. The second-order valence-corrected chi connectivity index (χ2v) is 7.72. The number of anilines is 3. The van der Waals surface area contributed by atoms with E-state index in [1.807, 2.05) is 37.3 Å². The van der Waals surface area contributed by atoms with Crippen molar-refractivity contribution in [2.45, 2.75) is 18.2 Å². The third kappa shape index (κ3) is 5.48. The fourth-order valence-corrected chi connectivity index (χ4v) is 3.49. The maximum atomic E-state index is 12.3. The molecule has 3 aromatic rings. The molecule has 2 aromatic heterocycles. The van der Waals surface area contributed by atoms with Crippen LogP contribution in [0.2, 0.25) is 0 Å². The molecule has 0 aliphatic rings. The highest BCUT2D eigenvalue weighted by atomic mass is 32.2. The summed E-state index contributed by atoms with van der Waals surface area (Å²) >= 11 is 0. The summed E-state index contributed by atoms with van der Waals surface area (Å²) in [6, 6.07) is 14.1. The van der Waals surface area contributed by atoms with E-state index < -0.39 is 10.0 Å². The van der Waals surface area contributed by atoms with Crippen LogP contribution >= 0.6 is 0 Å².